The fraction of sp³-hybridized carbons (Fsp3) is 0.882. The molecule has 0 nitrogen and oxygen atoms in total. The molecule has 0 bridgehead atoms. The van der Waals surface area contributed by atoms with Gasteiger partial charge in [0.25, 0.3) is 0 Å². The lowest BCUT2D eigenvalue weighted by atomic mass is 10.1. The first-order chi connectivity index (χ1) is 8.85. The van der Waals surface area contributed by atoms with Gasteiger partial charge in [0.2, 0.25) is 0 Å². The number of hydrogen-bond acceptors (Lipinski definition) is 1. The lowest BCUT2D eigenvalue weighted by molar-refractivity contribution is 0.551. The first-order valence-corrected chi connectivity index (χ1v) is 9.06. The Balaban J connectivity index is 3.22. The van der Waals surface area contributed by atoms with Crippen molar-refractivity contribution in [3.63, 3.8) is 0 Å². The Bertz CT molecular complexity index is 174. The molecule has 0 aromatic rings. The van der Waals surface area contributed by atoms with Gasteiger partial charge >= 0.3 is 0 Å². The Morgan fingerprint density at radius 1 is 0.833 bits per heavy atom. The Labute approximate surface area is 120 Å². The fourth-order valence-electron chi connectivity index (χ4n) is 2.24. The Morgan fingerprint density at radius 3 is 1.89 bits per heavy atom. The summed E-state index contributed by atoms with van der Waals surface area (Å²) >= 11 is 2.02. The van der Waals surface area contributed by atoms with Gasteiger partial charge in [-0.2, -0.15) is 0 Å². The second-order valence-corrected chi connectivity index (χ2v) is 6.46. The molecule has 0 aliphatic carbocycles. The van der Waals surface area contributed by atoms with Crippen molar-refractivity contribution in [1.29, 1.82) is 0 Å². The summed E-state index contributed by atoms with van der Waals surface area (Å²) in [6, 6.07) is 0. The molecule has 0 heterocycles. The summed E-state index contributed by atoms with van der Waals surface area (Å²) in [4.78, 5) is 0. The van der Waals surface area contributed by atoms with Crippen molar-refractivity contribution in [3.05, 3.63) is 11.5 Å². The third kappa shape index (κ3) is 12.5. The minimum Gasteiger partial charge on any atom is -0.131 e. The third-order valence-corrected chi connectivity index (χ3v) is 4.88. The monoisotopic (exact) mass is 270 g/mol. The molecule has 0 amide bonds. The van der Waals surface area contributed by atoms with Crippen LogP contribution in [0.4, 0.5) is 0 Å². The predicted molar refractivity (Wildman–Crippen MR) is 88.3 cm³/mol. The summed E-state index contributed by atoms with van der Waals surface area (Å²) < 4.78 is 0. The van der Waals surface area contributed by atoms with Gasteiger partial charge in [-0.3, -0.25) is 0 Å². The molecule has 108 valence electrons. The van der Waals surface area contributed by atoms with E-state index in [0.717, 1.165) is 5.25 Å². The largest absolute Gasteiger partial charge is 0.131 e. The molecule has 0 aliphatic rings. The summed E-state index contributed by atoms with van der Waals surface area (Å²) in [5.74, 6) is 0. The molecule has 1 unspecified atom stereocenters. The van der Waals surface area contributed by atoms with E-state index in [1.54, 1.807) is 0 Å². The zero-order valence-electron chi connectivity index (χ0n) is 12.9. The molecule has 18 heavy (non-hydrogen) atoms. The molecule has 0 saturated heterocycles. The van der Waals surface area contributed by atoms with Gasteiger partial charge in [0, 0.05) is 5.25 Å². The van der Waals surface area contributed by atoms with Crippen LogP contribution in [0.25, 0.3) is 0 Å². The van der Waals surface area contributed by atoms with E-state index in [1.807, 2.05) is 11.8 Å². The fourth-order valence-corrected chi connectivity index (χ4v) is 3.12. The molecule has 0 aromatic carbocycles. The van der Waals surface area contributed by atoms with E-state index in [4.69, 9.17) is 0 Å². The van der Waals surface area contributed by atoms with Gasteiger partial charge in [0.15, 0.2) is 0 Å². The van der Waals surface area contributed by atoms with Crippen LogP contribution in [0.1, 0.15) is 91.4 Å². The number of unbranched alkanes of at least 4 members (excludes halogenated alkanes) is 8. The van der Waals surface area contributed by atoms with Crippen LogP contribution in [0.3, 0.4) is 0 Å². The van der Waals surface area contributed by atoms with Crippen LogP contribution in [-0.2, 0) is 0 Å². The van der Waals surface area contributed by atoms with E-state index in [-0.39, 0.29) is 0 Å². The Morgan fingerprint density at radius 2 is 1.39 bits per heavy atom. The summed E-state index contributed by atoms with van der Waals surface area (Å²) in [7, 11) is 0. The minimum absolute atomic E-state index is 0.853. The van der Waals surface area contributed by atoms with Crippen LogP contribution in [0.15, 0.2) is 11.5 Å². The summed E-state index contributed by atoms with van der Waals surface area (Å²) in [5.41, 5.74) is 0. The van der Waals surface area contributed by atoms with Gasteiger partial charge in [0.1, 0.15) is 0 Å². The Hall–Kier alpha value is 0.0900. The molecule has 1 atom stereocenters. The van der Waals surface area contributed by atoms with Crippen LogP contribution in [0.5, 0.6) is 0 Å². The van der Waals surface area contributed by atoms with Crippen molar-refractivity contribution in [2.45, 2.75) is 96.7 Å². The van der Waals surface area contributed by atoms with E-state index in [1.165, 1.54) is 70.6 Å². The van der Waals surface area contributed by atoms with E-state index < -0.39 is 0 Å². The van der Waals surface area contributed by atoms with Crippen molar-refractivity contribution in [2.75, 3.05) is 0 Å². The maximum atomic E-state index is 2.31. The van der Waals surface area contributed by atoms with Gasteiger partial charge in [-0.05, 0) is 25.2 Å². The highest BCUT2D eigenvalue weighted by atomic mass is 32.2. The average Bonchev–Trinajstić information content (AvgIpc) is 2.40. The SMILES string of the molecule is CC=CSC(CC)CCCCCCCCCCC. The van der Waals surface area contributed by atoms with Crippen LogP contribution >= 0.6 is 11.8 Å². The molecule has 0 spiro atoms. The molecule has 0 aliphatic heterocycles. The van der Waals surface area contributed by atoms with Crippen LogP contribution in [-0.4, -0.2) is 5.25 Å². The number of allylic oxidation sites excluding steroid dienone is 1. The van der Waals surface area contributed by atoms with Crippen molar-refractivity contribution >= 4 is 11.8 Å². The zero-order chi connectivity index (χ0) is 13.5. The molecule has 0 aromatic heterocycles. The maximum absolute atomic E-state index is 2.31. The number of rotatable bonds is 13. The Kier molecular flexibility index (Phi) is 15.2. The highest BCUT2D eigenvalue weighted by molar-refractivity contribution is 8.02. The van der Waals surface area contributed by atoms with Crippen LogP contribution < -0.4 is 0 Å². The molecule has 0 saturated carbocycles. The molecule has 0 radical (unpaired) electrons. The topological polar surface area (TPSA) is 0 Å². The van der Waals surface area contributed by atoms with Crippen LogP contribution in [0, 0.1) is 0 Å². The van der Waals surface area contributed by atoms with Gasteiger partial charge in [-0.25, -0.2) is 0 Å². The standard InChI is InChI=1S/C17H34S/c1-4-7-8-9-10-11-12-13-14-15-17(6-3)18-16-5-2/h5,16-17H,4,6-15H2,1-3H3. The molecular weight excluding hydrogens is 236 g/mol. The highest BCUT2D eigenvalue weighted by Crippen LogP contribution is 2.22. The first-order valence-electron chi connectivity index (χ1n) is 8.11. The van der Waals surface area contributed by atoms with Gasteiger partial charge < -0.3 is 0 Å². The molecule has 1 heteroatoms. The highest BCUT2D eigenvalue weighted by Gasteiger charge is 2.03. The normalized spacial score (nSPS) is 13.3. The predicted octanol–water partition coefficient (Wildman–Crippen LogP) is 6.95. The molecule has 0 fully saturated rings. The molecule has 0 N–H and O–H groups in total. The summed E-state index contributed by atoms with van der Waals surface area (Å²) in [6.07, 6.45) is 17.8. The second-order valence-electron chi connectivity index (χ2n) is 5.25. The van der Waals surface area contributed by atoms with Crippen molar-refractivity contribution < 1.29 is 0 Å². The number of hydrogen-bond donors (Lipinski definition) is 0. The van der Waals surface area contributed by atoms with Crippen molar-refractivity contribution in [1.82, 2.24) is 0 Å². The maximum Gasteiger partial charge on any atom is 0.00857 e. The first kappa shape index (κ1) is 18.1. The second kappa shape index (κ2) is 15.1. The quantitative estimate of drug-likeness (QED) is 0.326. The average molecular weight is 271 g/mol. The lowest BCUT2D eigenvalue weighted by Gasteiger charge is -2.11. The zero-order valence-corrected chi connectivity index (χ0v) is 13.7. The minimum atomic E-state index is 0.853. The van der Waals surface area contributed by atoms with Crippen molar-refractivity contribution in [2.24, 2.45) is 0 Å². The third-order valence-electron chi connectivity index (χ3n) is 3.49. The summed E-state index contributed by atoms with van der Waals surface area (Å²) in [5, 5.41) is 3.10. The van der Waals surface area contributed by atoms with Gasteiger partial charge in [0.05, 0.1) is 0 Å². The summed E-state index contributed by atoms with van der Waals surface area (Å²) in [6.45, 7) is 6.71. The smallest absolute Gasteiger partial charge is 0.00857 e. The van der Waals surface area contributed by atoms with Gasteiger partial charge in [-0.15, -0.1) is 11.8 Å². The van der Waals surface area contributed by atoms with E-state index in [9.17, 15) is 0 Å². The number of thioether (sulfide) groups is 1. The van der Waals surface area contributed by atoms with Gasteiger partial charge in [-0.1, -0.05) is 77.7 Å². The molecule has 0 rings (SSSR count). The van der Waals surface area contributed by atoms with E-state index >= 15 is 0 Å². The van der Waals surface area contributed by atoms with Crippen LogP contribution in [0.2, 0.25) is 0 Å². The van der Waals surface area contributed by atoms with E-state index in [0.29, 0.717) is 0 Å². The van der Waals surface area contributed by atoms with Crippen molar-refractivity contribution in [3.8, 4) is 0 Å². The lowest BCUT2D eigenvalue weighted by Crippen LogP contribution is -1.98. The van der Waals surface area contributed by atoms with E-state index in [2.05, 4.69) is 32.3 Å². The molecular formula is C17H34S.